The van der Waals surface area contributed by atoms with E-state index < -0.39 is 59.3 Å². The van der Waals surface area contributed by atoms with Crippen LogP contribution in [0.15, 0.2) is 0 Å². The van der Waals surface area contributed by atoms with Gasteiger partial charge in [0.05, 0.1) is 6.07 Å². The summed E-state index contributed by atoms with van der Waals surface area (Å²) in [4.78, 5) is 39.5. The summed E-state index contributed by atoms with van der Waals surface area (Å²) >= 11 is 0. The fraction of sp³-hybridized carbons (Fsp3) is 0.818. The van der Waals surface area contributed by atoms with Crippen LogP contribution in [0.1, 0.15) is 48.0 Å². The maximum atomic E-state index is 14.0. The van der Waals surface area contributed by atoms with E-state index >= 15 is 0 Å². The zero-order chi connectivity index (χ0) is 28.2. The smallest absolute Gasteiger partial charge is 0.339 e. The van der Waals surface area contributed by atoms with E-state index in [4.69, 9.17) is 5.26 Å². The quantitative estimate of drug-likeness (QED) is 0.494. The van der Waals surface area contributed by atoms with E-state index in [9.17, 15) is 45.1 Å². The Morgan fingerprint density at radius 2 is 1.58 bits per heavy atom. The summed E-state index contributed by atoms with van der Waals surface area (Å²) in [7, 11) is 0. The third kappa shape index (κ3) is 4.85. The van der Waals surface area contributed by atoms with Gasteiger partial charge >= 0.3 is 18.0 Å². The van der Waals surface area contributed by atoms with Crippen molar-refractivity contribution in [2.75, 3.05) is 6.54 Å². The molecule has 1 saturated heterocycles. The third-order valence-electron chi connectivity index (χ3n) is 7.06. The van der Waals surface area contributed by atoms with Crippen LogP contribution in [0.3, 0.4) is 0 Å². The van der Waals surface area contributed by atoms with Crippen molar-refractivity contribution in [3.05, 3.63) is 0 Å². The number of halogens is 7. The number of nitrogens with one attached hydrogen (secondary N) is 2. The second-order valence-corrected chi connectivity index (χ2v) is 10.9. The van der Waals surface area contributed by atoms with Crippen LogP contribution >= 0.6 is 0 Å². The molecule has 0 radical (unpaired) electrons. The second-order valence-electron chi connectivity index (χ2n) is 10.9. The summed E-state index contributed by atoms with van der Waals surface area (Å²) in [6.45, 7) is 9.15. The average molecular weight is 530 g/mol. The molecule has 5 atom stereocenters. The van der Waals surface area contributed by atoms with Crippen molar-refractivity contribution in [2.24, 2.45) is 22.7 Å². The number of nitriles is 1. The molecule has 1 saturated carbocycles. The number of hydrogen-bond donors (Lipinski definition) is 2. The molecule has 0 unspecified atom stereocenters. The van der Waals surface area contributed by atoms with Gasteiger partial charge in [-0.3, -0.25) is 14.4 Å². The second kappa shape index (κ2) is 9.06. The highest BCUT2D eigenvalue weighted by atomic mass is 19.4. The van der Waals surface area contributed by atoms with Crippen molar-refractivity contribution in [1.82, 2.24) is 15.5 Å². The lowest BCUT2D eigenvalue weighted by Crippen LogP contribution is -2.65. The first kappa shape index (κ1) is 29.6. The molecule has 0 aromatic rings. The van der Waals surface area contributed by atoms with Crippen molar-refractivity contribution in [3.63, 3.8) is 0 Å². The first-order chi connectivity index (χ1) is 16.1. The maximum Gasteiger partial charge on any atom is 0.460 e. The van der Waals surface area contributed by atoms with Crippen LogP contribution in [0.2, 0.25) is 0 Å². The minimum Gasteiger partial charge on any atom is -0.339 e. The maximum absolute atomic E-state index is 14.0. The van der Waals surface area contributed by atoms with Gasteiger partial charge in [-0.1, -0.05) is 41.5 Å². The zero-order valence-electron chi connectivity index (χ0n) is 20.6. The number of likely N-dealkylation sites (tertiary alicyclic amines) is 1. The Hall–Kier alpha value is -2.59. The van der Waals surface area contributed by atoms with E-state index in [0.29, 0.717) is 0 Å². The van der Waals surface area contributed by atoms with Crippen molar-refractivity contribution in [1.29, 1.82) is 5.26 Å². The minimum absolute atomic E-state index is 0.0323. The van der Waals surface area contributed by atoms with Gasteiger partial charge in [0.1, 0.15) is 18.1 Å². The van der Waals surface area contributed by atoms with Crippen molar-refractivity contribution in [2.45, 2.75) is 84.1 Å². The molecule has 14 heteroatoms. The molecule has 0 aromatic heterocycles. The lowest BCUT2D eigenvalue weighted by Gasteiger charge is -2.38. The van der Waals surface area contributed by atoms with Gasteiger partial charge in [0, 0.05) is 6.54 Å². The largest absolute Gasteiger partial charge is 0.460 e. The van der Waals surface area contributed by atoms with Crippen LogP contribution in [0.25, 0.3) is 0 Å². The van der Waals surface area contributed by atoms with Crippen molar-refractivity contribution < 1.29 is 45.1 Å². The van der Waals surface area contributed by atoms with E-state index in [-0.39, 0.29) is 30.2 Å². The van der Waals surface area contributed by atoms with Gasteiger partial charge in [-0.2, -0.15) is 36.0 Å². The topological polar surface area (TPSA) is 102 Å². The molecule has 204 valence electrons. The highest BCUT2D eigenvalue weighted by molar-refractivity contribution is 5.95. The molecule has 2 rings (SSSR count). The molecule has 1 aliphatic carbocycles. The summed E-state index contributed by atoms with van der Waals surface area (Å²) in [5, 5.41) is 13.0. The lowest BCUT2D eigenvalue weighted by molar-refractivity contribution is -0.344. The molecular formula is C22H29F7N4O3. The fourth-order valence-electron chi connectivity index (χ4n) is 4.65. The van der Waals surface area contributed by atoms with E-state index in [1.165, 1.54) is 26.1 Å². The Kier molecular flexibility index (Phi) is 7.46. The van der Waals surface area contributed by atoms with Crippen LogP contribution in [0, 0.1) is 34.0 Å². The minimum atomic E-state index is -6.73. The number of hydrogen-bond acceptors (Lipinski definition) is 4. The van der Waals surface area contributed by atoms with E-state index in [1.54, 1.807) is 6.92 Å². The first-order valence-electron chi connectivity index (χ1n) is 11.2. The molecule has 0 spiro atoms. The number of nitrogens with zero attached hydrogens (tertiary/aromatic N) is 2. The molecule has 7 nitrogen and oxygen atoms in total. The molecule has 0 bridgehead atoms. The number of carbonyl (C=O) groups excluding carboxylic acids is 3. The summed E-state index contributed by atoms with van der Waals surface area (Å²) in [5.74, 6) is -18.2. The van der Waals surface area contributed by atoms with Gasteiger partial charge in [0.2, 0.25) is 11.8 Å². The molecule has 1 aliphatic heterocycles. The van der Waals surface area contributed by atoms with Crippen molar-refractivity contribution >= 4 is 17.7 Å². The highest BCUT2D eigenvalue weighted by Crippen LogP contribution is 2.65. The summed E-state index contributed by atoms with van der Waals surface area (Å²) in [6.07, 6.45) is -6.47. The Balaban J connectivity index is 2.38. The molecule has 36 heavy (non-hydrogen) atoms. The number of piperidine rings is 1. The lowest BCUT2D eigenvalue weighted by atomic mass is 9.84. The van der Waals surface area contributed by atoms with E-state index in [1.807, 2.05) is 19.9 Å². The monoisotopic (exact) mass is 530 g/mol. The zero-order valence-corrected chi connectivity index (χ0v) is 20.6. The highest BCUT2D eigenvalue weighted by Gasteiger charge is 2.76. The normalized spacial score (nSPS) is 25.3. The number of alkyl halides is 7. The number of amides is 3. The average Bonchev–Trinajstić information content (AvgIpc) is 3.08. The molecule has 0 aromatic carbocycles. The Morgan fingerprint density at radius 1 is 1.06 bits per heavy atom. The van der Waals surface area contributed by atoms with Gasteiger partial charge < -0.3 is 15.5 Å². The van der Waals surface area contributed by atoms with E-state index in [0.717, 1.165) is 4.90 Å². The Morgan fingerprint density at radius 3 is 2.00 bits per heavy atom. The third-order valence-corrected chi connectivity index (χ3v) is 7.06. The van der Waals surface area contributed by atoms with Gasteiger partial charge in [-0.15, -0.1) is 0 Å². The molecule has 1 heterocycles. The Labute approximate surface area is 203 Å². The summed E-state index contributed by atoms with van der Waals surface area (Å²) in [6, 6.07) is -2.12. The predicted molar refractivity (Wildman–Crippen MR) is 111 cm³/mol. The molecule has 2 N–H and O–H groups in total. The number of carbonyl (C=O) groups is 3. The summed E-state index contributed by atoms with van der Waals surface area (Å²) < 4.78 is 92.4. The van der Waals surface area contributed by atoms with Gasteiger partial charge in [-0.25, -0.2) is 0 Å². The number of rotatable bonds is 7. The van der Waals surface area contributed by atoms with Crippen LogP contribution in [-0.4, -0.2) is 65.3 Å². The number of fused-ring (bicyclic) bond motifs is 1. The van der Waals surface area contributed by atoms with E-state index in [2.05, 4.69) is 5.32 Å². The van der Waals surface area contributed by atoms with Crippen molar-refractivity contribution in [3.8, 4) is 6.07 Å². The van der Waals surface area contributed by atoms with Crippen LogP contribution in [-0.2, 0) is 14.4 Å². The molecule has 3 amide bonds. The van der Waals surface area contributed by atoms with Gasteiger partial charge in [-0.05, 0) is 29.1 Å². The van der Waals surface area contributed by atoms with Gasteiger partial charge in [0.15, 0.2) is 0 Å². The first-order valence-corrected chi connectivity index (χ1v) is 11.2. The van der Waals surface area contributed by atoms with Crippen LogP contribution in [0.4, 0.5) is 30.7 Å². The predicted octanol–water partition coefficient (Wildman–Crippen LogP) is 3.25. The van der Waals surface area contributed by atoms with Crippen LogP contribution in [0.5, 0.6) is 0 Å². The van der Waals surface area contributed by atoms with Crippen LogP contribution < -0.4 is 10.6 Å². The fourth-order valence-corrected chi connectivity index (χ4v) is 4.65. The Bertz CT molecular complexity index is 953. The van der Waals surface area contributed by atoms with Gasteiger partial charge in [0.25, 0.3) is 5.91 Å². The SMILES string of the molecule is CC[C@@H](C#N)NC(=O)[C@@H]1[C@@H]2[C@H](CN1C(=O)[C@@H](NC(=O)C(F)(F)C(F)(F)C(F)(F)F)C(C)(C)C)C2(C)C. The molecule has 2 fully saturated rings. The molecule has 2 aliphatic rings. The summed E-state index contributed by atoms with van der Waals surface area (Å²) in [5.41, 5.74) is -1.80. The standard InChI is InChI=1S/C22H29F7N4O3/c1-7-10(8-30)31-15(34)13-12-11(19(12,5)6)9-33(13)16(35)14(18(2,3)4)32-17(36)20(23,24)21(25,26)22(27,28)29/h10-14H,7,9H2,1-6H3,(H,31,34)(H,32,36)/t10-,11-,12-,13-,14+/m0/s1. The molecular weight excluding hydrogens is 501 g/mol.